The fourth-order valence-electron chi connectivity index (χ4n) is 2.67. The van der Waals surface area contributed by atoms with E-state index in [-0.39, 0.29) is 18.9 Å². The van der Waals surface area contributed by atoms with Crippen LogP contribution in [0, 0.1) is 13.8 Å². The van der Waals surface area contributed by atoms with E-state index in [9.17, 15) is 14.4 Å². The van der Waals surface area contributed by atoms with Crippen molar-refractivity contribution in [2.45, 2.75) is 33.8 Å². The van der Waals surface area contributed by atoms with Crippen molar-refractivity contribution in [1.29, 1.82) is 0 Å². The molecule has 150 valence electrons. The highest BCUT2D eigenvalue weighted by atomic mass is 35.5. The summed E-state index contributed by atoms with van der Waals surface area (Å²) in [5.41, 5.74) is 1.50. The molecule has 0 fully saturated rings. The Bertz CT molecular complexity index is 872. The maximum atomic E-state index is 12.6. The van der Waals surface area contributed by atoms with E-state index in [1.165, 1.54) is 6.92 Å². The lowest BCUT2D eigenvalue weighted by Crippen LogP contribution is -2.28. The van der Waals surface area contributed by atoms with Gasteiger partial charge in [-0.05, 0) is 57.5 Å². The molecule has 0 unspecified atom stereocenters. The van der Waals surface area contributed by atoms with Gasteiger partial charge < -0.3 is 19.2 Å². The number of aromatic nitrogens is 1. The lowest BCUT2D eigenvalue weighted by atomic mass is 10.1. The molecule has 0 bridgehead atoms. The Balaban J connectivity index is 2.00. The molecule has 2 aromatic rings. The monoisotopic (exact) mass is 407 g/mol. The van der Waals surface area contributed by atoms with Crippen molar-refractivity contribution in [3.63, 3.8) is 0 Å². The summed E-state index contributed by atoms with van der Waals surface area (Å²) < 4.78 is 15.5. The number of aromatic amines is 1. The van der Waals surface area contributed by atoms with Gasteiger partial charge in [0.2, 0.25) is 5.78 Å². The van der Waals surface area contributed by atoms with Crippen LogP contribution in [0.15, 0.2) is 24.3 Å². The number of aryl methyl sites for hydroxylation is 1. The fraction of sp³-hybridized carbons (Fsp3) is 0.350. The molecule has 0 spiro atoms. The molecule has 0 aliphatic heterocycles. The van der Waals surface area contributed by atoms with Crippen LogP contribution in [-0.4, -0.2) is 42.0 Å². The summed E-state index contributed by atoms with van der Waals surface area (Å²) in [6.45, 7) is 6.36. The van der Waals surface area contributed by atoms with Crippen LogP contribution in [0.1, 0.15) is 46.0 Å². The van der Waals surface area contributed by atoms with Crippen molar-refractivity contribution in [2.75, 3.05) is 13.2 Å². The third kappa shape index (κ3) is 5.13. The van der Waals surface area contributed by atoms with Crippen LogP contribution in [0.2, 0.25) is 5.02 Å². The molecule has 1 heterocycles. The van der Waals surface area contributed by atoms with Crippen molar-refractivity contribution in [1.82, 2.24) is 4.98 Å². The second kappa shape index (κ2) is 9.41. The Morgan fingerprint density at radius 2 is 1.79 bits per heavy atom. The lowest BCUT2D eigenvalue weighted by molar-refractivity contribution is -0.148. The molecule has 0 amide bonds. The molecule has 1 aromatic carbocycles. The zero-order valence-electron chi connectivity index (χ0n) is 16.1. The number of Topliss-reactive ketones (excluding diaryl/α,β-unsaturated/α-hetero) is 1. The summed E-state index contributed by atoms with van der Waals surface area (Å²) in [6.07, 6.45) is -1.05. The lowest BCUT2D eigenvalue weighted by Gasteiger charge is -2.13. The smallest absolute Gasteiger partial charge is 0.344 e. The number of nitrogens with one attached hydrogen (secondary N) is 1. The molecule has 2 rings (SSSR count). The van der Waals surface area contributed by atoms with Gasteiger partial charge in [0.1, 0.15) is 5.75 Å². The number of ether oxygens (including phenoxy) is 3. The molecule has 0 aliphatic rings. The van der Waals surface area contributed by atoms with E-state index in [2.05, 4.69) is 4.98 Å². The zero-order valence-corrected chi connectivity index (χ0v) is 16.9. The van der Waals surface area contributed by atoms with E-state index < -0.39 is 23.8 Å². The van der Waals surface area contributed by atoms with Crippen molar-refractivity contribution >= 4 is 29.3 Å². The molecule has 0 saturated heterocycles. The topological polar surface area (TPSA) is 94.7 Å². The minimum absolute atomic E-state index is 0.208. The van der Waals surface area contributed by atoms with Crippen molar-refractivity contribution < 1.29 is 28.6 Å². The second-order valence-corrected chi connectivity index (χ2v) is 6.52. The molecule has 0 aliphatic carbocycles. The SMILES string of the molecule is CCOC(=O)c1c(C)[nH]c(C(=O)[C@@H](C)OC(=O)COc2ccc(Cl)cc2)c1C. The average molecular weight is 408 g/mol. The second-order valence-electron chi connectivity index (χ2n) is 6.08. The first-order chi connectivity index (χ1) is 13.2. The third-order valence-electron chi connectivity index (χ3n) is 4.01. The standard InChI is InChI=1S/C20H22ClNO6/c1-5-26-20(25)17-11(2)18(22-12(17)3)19(24)13(4)28-16(23)10-27-15-8-6-14(21)7-9-15/h6-9,13,22H,5,10H2,1-4H3/t13-/m1/s1. The predicted octanol–water partition coefficient (Wildman–Crippen LogP) is 3.66. The van der Waals surface area contributed by atoms with E-state index >= 15 is 0 Å². The summed E-state index contributed by atoms with van der Waals surface area (Å²) in [5, 5.41) is 0.549. The molecular formula is C20H22ClNO6. The number of hydrogen-bond donors (Lipinski definition) is 1. The highest BCUT2D eigenvalue weighted by Gasteiger charge is 2.27. The molecule has 0 radical (unpaired) electrons. The number of carbonyl (C=O) groups is 3. The first-order valence-corrected chi connectivity index (χ1v) is 9.10. The molecule has 1 aromatic heterocycles. The van der Waals surface area contributed by atoms with Crippen molar-refractivity contribution in [3.05, 3.63) is 51.8 Å². The maximum Gasteiger partial charge on any atom is 0.344 e. The molecule has 1 atom stereocenters. The average Bonchev–Trinajstić information content (AvgIpc) is 2.95. The largest absolute Gasteiger partial charge is 0.482 e. The van der Waals surface area contributed by atoms with Gasteiger partial charge in [-0.25, -0.2) is 9.59 Å². The van der Waals surface area contributed by atoms with E-state index in [0.717, 1.165) is 0 Å². The Kier molecular flexibility index (Phi) is 7.23. The number of carbonyl (C=O) groups excluding carboxylic acids is 3. The van der Waals surface area contributed by atoms with Gasteiger partial charge in [-0.3, -0.25) is 4.79 Å². The normalized spacial score (nSPS) is 11.6. The number of hydrogen-bond acceptors (Lipinski definition) is 6. The summed E-state index contributed by atoms with van der Waals surface area (Å²) in [7, 11) is 0. The van der Waals surface area contributed by atoms with E-state index in [1.807, 2.05) is 0 Å². The van der Waals surface area contributed by atoms with Crippen LogP contribution in [0.5, 0.6) is 5.75 Å². The first kappa shape index (κ1) is 21.5. The minimum Gasteiger partial charge on any atom is -0.482 e. The number of rotatable bonds is 8. The summed E-state index contributed by atoms with van der Waals surface area (Å²) in [5.74, 6) is -1.19. The number of esters is 2. The Morgan fingerprint density at radius 3 is 2.39 bits per heavy atom. The van der Waals surface area contributed by atoms with Gasteiger partial charge in [-0.2, -0.15) is 0 Å². The Labute approximate surface area is 167 Å². The summed E-state index contributed by atoms with van der Waals surface area (Å²) in [6, 6.07) is 6.50. The quantitative estimate of drug-likeness (QED) is 0.530. The number of benzene rings is 1. The van der Waals surface area contributed by atoms with Crippen LogP contribution in [0.4, 0.5) is 0 Å². The third-order valence-corrected chi connectivity index (χ3v) is 4.26. The van der Waals surface area contributed by atoms with E-state index in [1.54, 1.807) is 45.0 Å². The molecule has 1 N–H and O–H groups in total. The van der Waals surface area contributed by atoms with Gasteiger partial charge >= 0.3 is 11.9 Å². The van der Waals surface area contributed by atoms with Crippen molar-refractivity contribution in [3.8, 4) is 5.75 Å². The van der Waals surface area contributed by atoms with E-state index in [4.69, 9.17) is 25.8 Å². The van der Waals surface area contributed by atoms with Crippen LogP contribution >= 0.6 is 11.6 Å². The fourth-order valence-corrected chi connectivity index (χ4v) is 2.79. The molecule has 8 heteroatoms. The van der Waals surface area contributed by atoms with Crippen LogP contribution < -0.4 is 4.74 Å². The van der Waals surface area contributed by atoms with Crippen molar-refractivity contribution in [2.24, 2.45) is 0 Å². The number of H-pyrrole nitrogens is 1. The number of ketones is 1. The number of halogens is 1. The van der Waals surface area contributed by atoms with Crippen LogP contribution in [-0.2, 0) is 14.3 Å². The van der Waals surface area contributed by atoms with Crippen LogP contribution in [0.3, 0.4) is 0 Å². The predicted molar refractivity (Wildman–Crippen MR) is 103 cm³/mol. The minimum atomic E-state index is -1.05. The first-order valence-electron chi connectivity index (χ1n) is 8.72. The van der Waals surface area contributed by atoms with E-state index in [0.29, 0.717) is 27.6 Å². The molecular weight excluding hydrogens is 386 g/mol. The maximum absolute atomic E-state index is 12.6. The summed E-state index contributed by atoms with van der Waals surface area (Å²) in [4.78, 5) is 39.5. The summed E-state index contributed by atoms with van der Waals surface area (Å²) >= 11 is 5.78. The van der Waals surface area contributed by atoms with Gasteiger partial charge in [-0.15, -0.1) is 0 Å². The van der Waals surface area contributed by atoms with Gasteiger partial charge in [0.25, 0.3) is 0 Å². The van der Waals surface area contributed by atoms with Gasteiger partial charge in [0.15, 0.2) is 12.7 Å². The highest BCUT2D eigenvalue weighted by molar-refractivity contribution is 6.30. The van der Waals surface area contributed by atoms with Gasteiger partial charge in [-0.1, -0.05) is 11.6 Å². The molecule has 0 saturated carbocycles. The molecule has 7 nitrogen and oxygen atoms in total. The highest BCUT2D eigenvalue weighted by Crippen LogP contribution is 2.21. The van der Waals surface area contributed by atoms with Gasteiger partial charge in [0.05, 0.1) is 17.9 Å². The molecule has 28 heavy (non-hydrogen) atoms. The van der Waals surface area contributed by atoms with Gasteiger partial charge in [0, 0.05) is 10.7 Å². The Hall–Kier alpha value is -2.80. The Morgan fingerprint density at radius 1 is 1.14 bits per heavy atom. The van der Waals surface area contributed by atoms with Crippen LogP contribution in [0.25, 0.3) is 0 Å². The zero-order chi connectivity index (χ0) is 20.8.